The van der Waals surface area contributed by atoms with Crippen LogP contribution >= 0.6 is 0 Å². The fraction of sp³-hybridized carbons (Fsp3) is 0.429. The van der Waals surface area contributed by atoms with Crippen molar-refractivity contribution in [2.75, 3.05) is 0 Å². The maximum Gasteiger partial charge on any atom is 0.423 e. The van der Waals surface area contributed by atoms with Crippen LogP contribution in [0.3, 0.4) is 0 Å². The van der Waals surface area contributed by atoms with Crippen LogP contribution in [0, 0.1) is 12.7 Å². The van der Waals surface area contributed by atoms with Crippen LogP contribution in [-0.4, -0.2) is 43.9 Å². The average molecular weight is 576 g/mol. The summed E-state index contributed by atoms with van der Waals surface area (Å²) in [6.07, 6.45) is -7.69. The van der Waals surface area contributed by atoms with Gasteiger partial charge < -0.3 is 24.8 Å². The summed E-state index contributed by atoms with van der Waals surface area (Å²) in [7, 11) is 0. The number of benzene rings is 1. The predicted octanol–water partition coefficient (Wildman–Crippen LogP) is 2.94. The first-order valence-corrected chi connectivity index (χ1v) is 13.1. The standard InChI is InChI=1S/C28H25F4N3O6/c1-3-6-27(40)15-7-19-22-13(9-35(19)25(38)14(15)10-41-26(27)39)21-17(34-24(37)23(36)28(30,31)32)5-4-12-11(2)16(29)8-18(33-22)20(12)21/h7-8,17,23,36,40H,3-6,9-10H2,1-2H3,(H,34,37)/t17-,23+,27-/m0/s1. The maximum absolute atomic E-state index is 15.0. The van der Waals surface area contributed by atoms with E-state index in [1.807, 2.05) is 0 Å². The van der Waals surface area contributed by atoms with Gasteiger partial charge in [-0.25, -0.2) is 14.2 Å². The topological polar surface area (TPSA) is 131 Å². The summed E-state index contributed by atoms with van der Waals surface area (Å²) >= 11 is 0. The van der Waals surface area contributed by atoms with Crippen molar-refractivity contribution in [1.29, 1.82) is 0 Å². The van der Waals surface area contributed by atoms with E-state index in [1.165, 1.54) is 16.7 Å². The van der Waals surface area contributed by atoms with Gasteiger partial charge in [-0.05, 0) is 48.9 Å². The van der Waals surface area contributed by atoms with Gasteiger partial charge in [-0.15, -0.1) is 0 Å². The monoisotopic (exact) mass is 575 g/mol. The lowest BCUT2D eigenvalue weighted by Gasteiger charge is -2.32. The number of nitrogens with zero attached hydrogens (tertiary/aromatic N) is 2. The Labute approximate surface area is 229 Å². The van der Waals surface area contributed by atoms with E-state index >= 15 is 0 Å². The lowest BCUT2D eigenvalue weighted by atomic mass is 9.81. The zero-order valence-electron chi connectivity index (χ0n) is 22.0. The van der Waals surface area contributed by atoms with E-state index in [4.69, 9.17) is 4.74 Å². The number of hydrogen-bond acceptors (Lipinski definition) is 7. The summed E-state index contributed by atoms with van der Waals surface area (Å²) in [5, 5.41) is 23.6. The SMILES string of the molecule is CCC[C@@]1(O)C(=O)OCc2c1cc1n(c2=O)Cc2c-1nc1cc(F)c(C)c3c1c2[C@@H](NC(=O)[C@@H](O)C(F)(F)F)CC3. The summed E-state index contributed by atoms with van der Waals surface area (Å²) in [4.78, 5) is 43.4. The number of rotatable bonds is 4. The number of aryl methyl sites for hydroxylation is 1. The molecule has 1 aliphatic carbocycles. The van der Waals surface area contributed by atoms with Crippen molar-refractivity contribution in [3.8, 4) is 11.4 Å². The number of aliphatic hydroxyl groups excluding tert-OH is 1. The number of pyridine rings is 2. The third-order valence-electron chi connectivity index (χ3n) is 8.35. The van der Waals surface area contributed by atoms with E-state index in [9.17, 15) is 42.2 Å². The fourth-order valence-corrected chi connectivity index (χ4v) is 6.36. The van der Waals surface area contributed by atoms with Gasteiger partial charge in [0.1, 0.15) is 12.4 Å². The normalized spacial score (nSPS) is 21.7. The van der Waals surface area contributed by atoms with Gasteiger partial charge in [-0.2, -0.15) is 13.2 Å². The zero-order chi connectivity index (χ0) is 29.6. The van der Waals surface area contributed by atoms with E-state index in [-0.39, 0.29) is 60.4 Å². The minimum absolute atomic E-state index is 0.00549. The van der Waals surface area contributed by atoms with Gasteiger partial charge in [0.15, 0.2) is 5.60 Å². The van der Waals surface area contributed by atoms with Crippen molar-refractivity contribution in [2.24, 2.45) is 0 Å². The van der Waals surface area contributed by atoms with E-state index in [1.54, 1.807) is 13.8 Å². The van der Waals surface area contributed by atoms with Crippen LogP contribution in [0.1, 0.15) is 65.6 Å². The van der Waals surface area contributed by atoms with Gasteiger partial charge in [0.05, 0.1) is 35.1 Å². The minimum Gasteiger partial charge on any atom is -0.458 e. The summed E-state index contributed by atoms with van der Waals surface area (Å²) in [6, 6.07) is 1.67. The third-order valence-corrected chi connectivity index (χ3v) is 8.35. The number of aliphatic hydroxyl groups is 2. The van der Waals surface area contributed by atoms with Crippen molar-refractivity contribution in [3.63, 3.8) is 0 Å². The van der Waals surface area contributed by atoms with Gasteiger partial charge in [-0.3, -0.25) is 9.59 Å². The van der Waals surface area contributed by atoms with Crippen molar-refractivity contribution in [3.05, 3.63) is 61.7 Å². The molecule has 0 saturated carbocycles. The van der Waals surface area contributed by atoms with Gasteiger partial charge in [0, 0.05) is 22.6 Å². The molecule has 2 aromatic heterocycles. The molecule has 3 atom stereocenters. The number of alkyl halides is 3. The number of halogens is 4. The molecule has 3 aromatic rings. The Balaban J connectivity index is 1.59. The Kier molecular flexibility index (Phi) is 6.05. The number of amides is 1. The van der Waals surface area contributed by atoms with Gasteiger partial charge in [-0.1, -0.05) is 13.3 Å². The number of cyclic esters (lactones) is 1. The number of ether oxygens (including phenoxy) is 1. The second-order valence-electron chi connectivity index (χ2n) is 10.8. The molecule has 41 heavy (non-hydrogen) atoms. The summed E-state index contributed by atoms with van der Waals surface area (Å²) in [5.74, 6) is -3.06. The summed E-state index contributed by atoms with van der Waals surface area (Å²) in [5.41, 5.74) is -0.0524. The van der Waals surface area contributed by atoms with Crippen molar-refractivity contribution < 1.29 is 42.1 Å². The molecule has 2 aliphatic heterocycles. The van der Waals surface area contributed by atoms with E-state index < -0.39 is 47.2 Å². The van der Waals surface area contributed by atoms with E-state index in [2.05, 4.69) is 10.3 Å². The van der Waals surface area contributed by atoms with Crippen molar-refractivity contribution in [1.82, 2.24) is 14.9 Å². The molecule has 3 N–H and O–H groups in total. The average Bonchev–Trinajstić information content (AvgIpc) is 3.28. The lowest BCUT2D eigenvalue weighted by Crippen LogP contribution is -2.46. The molecule has 0 unspecified atom stereocenters. The number of esters is 1. The second kappa shape index (κ2) is 9.08. The highest BCUT2D eigenvalue weighted by atomic mass is 19.4. The second-order valence-corrected chi connectivity index (χ2v) is 10.8. The summed E-state index contributed by atoms with van der Waals surface area (Å²) in [6.45, 7) is 2.91. The smallest absolute Gasteiger partial charge is 0.423 e. The highest BCUT2D eigenvalue weighted by Gasteiger charge is 2.47. The first kappa shape index (κ1) is 27.3. The Morgan fingerprint density at radius 2 is 2.00 bits per heavy atom. The molecule has 216 valence electrons. The first-order chi connectivity index (χ1) is 19.3. The van der Waals surface area contributed by atoms with Gasteiger partial charge in [0.2, 0.25) is 6.10 Å². The van der Waals surface area contributed by atoms with Crippen LogP contribution in [0.15, 0.2) is 16.9 Å². The Bertz CT molecular complexity index is 1730. The largest absolute Gasteiger partial charge is 0.458 e. The molecular weight excluding hydrogens is 550 g/mol. The molecular formula is C28H25F4N3O6. The van der Waals surface area contributed by atoms with Crippen LogP contribution in [0.5, 0.6) is 0 Å². The molecule has 6 rings (SSSR count). The van der Waals surface area contributed by atoms with Crippen LogP contribution in [-0.2, 0) is 39.5 Å². The van der Waals surface area contributed by atoms with Gasteiger partial charge >= 0.3 is 12.1 Å². The number of hydrogen-bond donors (Lipinski definition) is 3. The molecule has 0 saturated heterocycles. The molecule has 13 heteroatoms. The first-order valence-electron chi connectivity index (χ1n) is 13.1. The van der Waals surface area contributed by atoms with E-state index in [0.717, 1.165) is 0 Å². The van der Waals surface area contributed by atoms with Crippen LogP contribution in [0.2, 0.25) is 0 Å². The number of nitrogens with one attached hydrogen (secondary N) is 1. The third kappa shape index (κ3) is 3.89. The maximum atomic E-state index is 15.0. The number of fused-ring (bicyclic) bond motifs is 5. The molecule has 0 spiro atoms. The Morgan fingerprint density at radius 3 is 2.68 bits per heavy atom. The van der Waals surface area contributed by atoms with Crippen molar-refractivity contribution in [2.45, 2.75) is 76.6 Å². The highest BCUT2D eigenvalue weighted by molar-refractivity contribution is 5.94. The molecule has 1 amide bonds. The zero-order valence-corrected chi connectivity index (χ0v) is 22.0. The summed E-state index contributed by atoms with van der Waals surface area (Å²) < 4.78 is 60.8. The lowest BCUT2D eigenvalue weighted by molar-refractivity contribution is -0.205. The van der Waals surface area contributed by atoms with Crippen LogP contribution < -0.4 is 10.9 Å². The van der Waals surface area contributed by atoms with Crippen LogP contribution in [0.25, 0.3) is 22.3 Å². The van der Waals surface area contributed by atoms with Crippen molar-refractivity contribution >= 4 is 22.8 Å². The molecule has 0 radical (unpaired) electrons. The van der Waals surface area contributed by atoms with Gasteiger partial charge in [0.25, 0.3) is 11.5 Å². The molecule has 0 fully saturated rings. The molecule has 0 bridgehead atoms. The Morgan fingerprint density at radius 1 is 1.27 bits per heavy atom. The van der Waals surface area contributed by atoms with Crippen LogP contribution in [0.4, 0.5) is 17.6 Å². The minimum atomic E-state index is -5.18. The molecule has 4 heterocycles. The number of aromatic nitrogens is 2. The number of carbonyl (C=O) groups is 2. The quantitative estimate of drug-likeness (QED) is 0.252. The van der Waals surface area contributed by atoms with E-state index in [0.29, 0.717) is 34.1 Å². The highest BCUT2D eigenvalue weighted by Crippen LogP contribution is 2.46. The molecule has 3 aliphatic rings. The predicted molar refractivity (Wildman–Crippen MR) is 135 cm³/mol. The fourth-order valence-electron chi connectivity index (χ4n) is 6.36. The Hall–Kier alpha value is -3.84. The number of carbonyl (C=O) groups excluding carboxylic acids is 2. The molecule has 9 nitrogen and oxygen atoms in total. The molecule has 1 aromatic carbocycles.